The second-order valence-corrected chi connectivity index (χ2v) is 4.90. The quantitative estimate of drug-likeness (QED) is 0.859. The first-order valence-electron chi connectivity index (χ1n) is 7.04. The number of carboxylic acids is 1. The average molecular weight is 314 g/mol. The smallest absolute Gasteiger partial charge is 0.323 e. The van der Waals surface area contributed by atoms with Gasteiger partial charge in [-0.2, -0.15) is 0 Å². The summed E-state index contributed by atoms with van der Waals surface area (Å²) in [5.74, 6) is -0.419. The molecule has 120 valence electrons. The van der Waals surface area contributed by atoms with E-state index in [-0.39, 0.29) is 6.54 Å². The number of hydrogen-bond donors (Lipinski definition) is 2. The van der Waals surface area contributed by atoms with Crippen LogP contribution in [0.4, 0.5) is 10.5 Å². The van der Waals surface area contributed by atoms with Crippen molar-refractivity contribution in [2.75, 3.05) is 19.0 Å². The van der Waals surface area contributed by atoms with Gasteiger partial charge in [-0.3, -0.25) is 4.79 Å². The Morgan fingerprint density at radius 3 is 2.52 bits per heavy atom. The van der Waals surface area contributed by atoms with E-state index in [1.54, 1.807) is 49.6 Å². The van der Waals surface area contributed by atoms with Gasteiger partial charge < -0.3 is 20.1 Å². The fourth-order valence-corrected chi connectivity index (χ4v) is 2.08. The van der Waals surface area contributed by atoms with Crippen LogP contribution in [0.1, 0.15) is 5.56 Å². The summed E-state index contributed by atoms with van der Waals surface area (Å²) in [6.45, 7) is -0.224. The highest BCUT2D eigenvalue weighted by molar-refractivity contribution is 5.91. The van der Waals surface area contributed by atoms with Gasteiger partial charge in [0.1, 0.15) is 12.3 Å². The zero-order chi connectivity index (χ0) is 16.7. The molecule has 0 heterocycles. The topological polar surface area (TPSA) is 78.9 Å². The molecular weight excluding hydrogens is 296 g/mol. The Balaban J connectivity index is 2.12. The van der Waals surface area contributed by atoms with Crippen molar-refractivity contribution in [1.29, 1.82) is 0 Å². The molecule has 0 aliphatic carbocycles. The molecule has 2 N–H and O–H groups in total. The van der Waals surface area contributed by atoms with E-state index in [9.17, 15) is 9.59 Å². The molecule has 0 radical (unpaired) electrons. The van der Waals surface area contributed by atoms with Gasteiger partial charge in [0, 0.05) is 12.2 Å². The van der Waals surface area contributed by atoms with Crippen LogP contribution in [0.5, 0.6) is 5.75 Å². The van der Waals surface area contributed by atoms with Gasteiger partial charge >= 0.3 is 12.0 Å². The van der Waals surface area contributed by atoms with Crippen LogP contribution < -0.4 is 10.1 Å². The van der Waals surface area contributed by atoms with Crippen LogP contribution in [-0.4, -0.2) is 35.7 Å². The molecule has 0 saturated carbocycles. The molecule has 0 unspecified atom stereocenters. The number of ether oxygens (including phenoxy) is 1. The lowest BCUT2D eigenvalue weighted by atomic mass is 10.2. The number of para-hydroxylation sites is 1. The average Bonchev–Trinajstić information content (AvgIpc) is 2.55. The van der Waals surface area contributed by atoms with Gasteiger partial charge in [-0.25, -0.2) is 4.79 Å². The Morgan fingerprint density at radius 1 is 1.13 bits per heavy atom. The van der Waals surface area contributed by atoms with E-state index in [1.807, 2.05) is 12.1 Å². The number of methoxy groups -OCH3 is 1. The Bertz CT molecular complexity index is 673. The zero-order valence-corrected chi connectivity index (χ0v) is 12.7. The van der Waals surface area contributed by atoms with Crippen molar-refractivity contribution < 1.29 is 19.4 Å². The van der Waals surface area contributed by atoms with E-state index >= 15 is 0 Å². The third-order valence-electron chi connectivity index (χ3n) is 3.15. The highest BCUT2D eigenvalue weighted by atomic mass is 16.5. The van der Waals surface area contributed by atoms with E-state index in [0.29, 0.717) is 11.4 Å². The maximum Gasteiger partial charge on any atom is 0.323 e. The number of amides is 2. The molecule has 0 bridgehead atoms. The fraction of sp³-hybridized carbons (Fsp3) is 0.176. The van der Waals surface area contributed by atoms with Gasteiger partial charge in [-0.1, -0.05) is 30.3 Å². The number of benzene rings is 2. The highest BCUT2D eigenvalue weighted by Crippen LogP contribution is 2.15. The van der Waals surface area contributed by atoms with Crippen LogP contribution in [0.2, 0.25) is 0 Å². The third kappa shape index (κ3) is 5.03. The largest absolute Gasteiger partial charge is 0.497 e. The molecule has 2 aromatic carbocycles. The summed E-state index contributed by atoms with van der Waals surface area (Å²) < 4.78 is 5.14. The normalized spacial score (nSPS) is 9.96. The molecule has 0 aromatic heterocycles. The summed E-state index contributed by atoms with van der Waals surface area (Å²) in [5, 5.41) is 11.7. The predicted molar refractivity (Wildman–Crippen MR) is 86.5 cm³/mol. The number of nitrogens with zero attached hydrogens (tertiary/aromatic N) is 1. The minimum atomic E-state index is -1.07. The number of carbonyl (C=O) groups excluding carboxylic acids is 1. The van der Waals surface area contributed by atoms with Crippen LogP contribution in [0, 0.1) is 0 Å². The maximum atomic E-state index is 12.3. The lowest BCUT2D eigenvalue weighted by molar-refractivity contribution is -0.137. The van der Waals surface area contributed by atoms with Gasteiger partial charge in [0.15, 0.2) is 0 Å². The molecule has 0 aliphatic rings. The van der Waals surface area contributed by atoms with Crippen LogP contribution in [0.15, 0.2) is 54.6 Å². The molecule has 0 spiro atoms. The molecule has 2 amide bonds. The SMILES string of the molecule is COc1cccc(CN(CC(=O)O)C(=O)Nc2ccccc2)c1. The molecular formula is C17H18N2O4. The Labute approximate surface area is 134 Å². The van der Waals surface area contributed by atoms with Crippen molar-refractivity contribution in [3.8, 4) is 5.75 Å². The molecule has 2 aromatic rings. The minimum absolute atomic E-state index is 0.169. The van der Waals surface area contributed by atoms with Crippen LogP contribution in [0.25, 0.3) is 0 Å². The number of hydrogen-bond acceptors (Lipinski definition) is 3. The van der Waals surface area contributed by atoms with Crippen LogP contribution in [-0.2, 0) is 11.3 Å². The van der Waals surface area contributed by atoms with Crippen molar-refractivity contribution in [3.63, 3.8) is 0 Å². The van der Waals surface area contributed by atoms with Crippen LogP contribution >= 0.6 is 0 Å². The van der Waals surface area contributed by atoms with Crippen molar-refractivity contribution in [3.05, 3.63) is 60.2 Å². The molecule has 2 rings (SSSR count). The highest BCUT2D eigenvalue weighted by Gasteiger charge is 2.17. The number of aliphatic carboxylic acids is 1. The van der Waals surface area contributed by atoms with Crippen molar-refractivity contribution in [2.24, 2.45) is 0 Å². The number of carbonyl (C=O) groups is 2. The first-order valence-corrected chi connectivity index (χ1v) is 7.04. The lowest BCUT2D eigenvalue weighted by Crippen LogP contribution is -2.38. The van der Waals surface area contributed by atoms with Gasteiger partial charge in [0.2, 0.25) is 0 Å². The third-order valence-corrected chi connectivity index (χ3v) is 3.15. The van der Waals surface area contributed by atoms with E-state index in [0.717, 1.165) is 5.56 Å². The second-order valence-electron chi connectivity index (χ2n) is 4.90. The first kappa shape index (κ1) is 16.4. The fourth-order valence-electron chi connectivity index (χ4n) is 2.08. The van der Waals surface area contributed by atoms with E-state index in [1.165, 1.54) is 4.90 Å². The number of urea groups is 1. The lowest BCUT2D eigenvalue weighted by Gasteiger charge is -2.21. The van der Waals surface area contributed by atoms with E-state index in [4.69, 9.17) is 9.84 Å². The molecule has 0 aliphatic heterocycles. The first-order chi connectivity index (χ1) is 11.1. The number of anilines is 1. The Hall–Kier alpha value is -3.02. The standard InChI is InChI=1S/C17H18N2O4/c1-23-15-9-5-6-13(10-15)11-19(12-16(20)21)17(22)18-14-7-3-2-4-8-14/h2-10H,11-12H2,1H3,(H,18,22)(H,20,21). The van der Waals surface area contributed by atoms with Gasteiger partial charge in [-0.15, -0.1) is 0 Å². The molecule has 0 atom stereocenters. The number of rotatable bonds is 6. The summed E-state index contributed by atoms with van der Waals surface area (Å²) in [4.78, 5) is 24.6. The number of carboxylic acid groups (broad SMARTS) is 1. The summed E-state index contributed by atoms with van der Waals surface area (Å²) >= 11 is 0. The van der Waals surface area contributed by atoms with Crippen molar-refractivity contribution in [1.82, 2.24) is 4.90 Å². The summed E-state index contributed by atoms with van der Waals surface area (Å²) in [6.07, 6.45) is 0. The van der Waals surface area contributed by atoms with E-state index in [2.05, 4.69) is 5.32 Å². The molecule has 0 saturated heterocycles. The zero-order valence-electron chi connectivity index (χ0n) is 12.7. The Morgan fingerprint density at radius 2 is 1.87 bits per heavy atom. The monoisotopic (exact) mass is 314 g/mol. The predicted octanol–water partition coefficient (Wildman–Crippen LogP) is 2.81. The molecule has 0 fully saturated rings. The molecule has 23 heavy (non-hydrogen) atoms. The van der Waals surface area contributed by atoms with Crippen molar-refractivity contribution >= 4 is 17.7 Å². The summed E-state index contributed by atoms with van der Waals surface area (Å²) in [6, 6.07) is 15.6. The van der Waals surface area contributed by atoms with Gasteiger partial charge in [0.25, 0.3) is 0 Å². The van der Waals surface area contributed by atoms with Gasteiger partial charge in [0.05, 0.1) is 7.11 Å². The maximum absolute atomic E-state index is 12.3. The second kappa shape index (κ2) is 7.84. The van der Waals surface area contributed by atoms with Crippen molar-refractivity contribution in [2.45, 2.75) is 6.54 Å². The summed E-state index contributed by atoms with van der Waals surface area (Å²) in [5.41, 5.74) is 1.40. The van der Waals surface area contributed by atoms with Gasteiger partial charge in [-0.05, 0) is 29.8 Å². The minimum Gasteiger partial charge on any atom is -0.497 e. The molecule has 6 heteroatoms. The molecule has 6 nitrogen and oxygen atoms in total. The Kier molecular flexibility index (Phi) is 5.57. The summed E-state index contributed by atoms with van der Waals surface area (Å²) in [7, 11) is 1.55. The number of nitrogens with one attached hydrogen (secondary N) is 1. The van der Waals surface area contributed by atoms with E-state index < -0.39 is 18.5 Å². The van der Waals surface area contributed by atoms with Crippen LogP contribution in [0.3, 0.4) is 0 Å².